The first-order valence-corrected chi connectivity index (χ1v) is 6.77. The lowest BCUT2D eigenvalue weighted by Gasteiger charge is -2.40. The molecule has 0 amide bonds. The molecule has 18 heavy (non-hydrogen) atoms. The minimum Gasteiger partial charge on any atom is -0.491 e. The number of benzene rings is 1. The summed E-state index contributed by atoms with van der Waals surface area (Å²) in [5.74, 6) is 0.730. The smallest absolute Gasteiger partial charge is 0.119 e. The van der Waals surface area contributed by atoms with Gasteiger partial charge in [0.05, 0.1) is 0 Å². The maximum absolute atomic E-state index is 9.83. The molecule has 2 rings (SSSR count). The SMILES string of the molecule is CC1(NCC(O)COc2ccc(Cl)cc2)CCC1. The minimum atomic E-state index is -0.488. The van der Waals surface area contributed by atoms with Gasteiger partial charge in [-0.15, -0.1) is 0 Å². The minimum absolute atomic E-state index is 0.223. The molecule has 1 aromatic carbocycles. The lowest BCUT2D eigenvalue weighted by atomic mass is 9.78. The fourth-order valence-electron chi connectivity index (χ4n) is 2.03. The van der Waals surface area contributed by atoms with Crippen molar-refractivity contribution in [1.29, 1.82) is 0 Å². The quantitative estimate of drug-likeness (QED) is 0.834. The van der Waals surface area contributed by atoms with E-state index < -0.39 is 6.10 Å². The number of aliphatic hydroxyl groups is 1. The third-order valence-corrected chi connectivity index (χ3v) is 3.73. The van der Waals surface area contributed by atoms with Crippen molar-refractivity contribution in [3.05, 3.63) is 29.3 Å². The van der Waals surface area contributed by atoms with E-state index in [-0.39, 0.29) is 5.54 Å². The van der Waals surface area contributed by atoms with Crippen LogP contribution in [0.1, 0.15) is 26.2 Å². The van der Waals surface area contributed by atoms with Gasteiger partial charge in [-0.3, -0.25) is 0 Å². The first-order chi connectivity index (χ1) is 8.57. The van der Waals surface area contributed by atoms with Gasteiger partial charge in [-0.2, -0.15) is 0 Å². The van der Waals surface area contributed by atoms with Crippen LogP contribution in [0, 0.1) is 0 Å². The normalized spacial score (nSPS) is 19.1. The van der Waals surface area contributed by atoms with Gasteiger partial charge in [0, 0.05) is 17.1 Å². The maximum atomic E-state index is 9.83. The number of halogens is 1. The number of hydrogen-bond donors (Lipinski definition) is 2. The van der Waals surface area contributed by atoms with Crippen LogP contribution in [0.15, 0.2) is 24.3 Å². The van der Waals surface area contributed by atoms with E-state index in [9.17, 15) is 5.11 Å². The van der Waals surface area contributed by atoms with E-state index in [0.29, 0.717) is 18.2 Å². The van der Waals surface area contributed by atoms with Crippen LogP contribution >= 0.6 is 11.6 Å². The Kier molecular flexibility index (Phi) is 4.49. The van der Waals surface area contributed by atoms with Crippen LogP contribution in [-0.2, 0) is 0 Å². The van der Waals surface area contributed by atoms with Crippen molar-refractivity contribution in [2.75, 3.05) is 13.2 Å². The fourth-order valence-corrected chi connectivity index (χ4v) is 2.16. The highest BCUT2D eigenvalue weighted by Gasteiger charge is 2.31. The second kappa shape index (κ2) is 5.91. The predicted molar refractivity (Wildman–Crippen MR) is 73.2 cm³/mol. The molecule has 1 unspecified atom stereocenters. The Hall–Kier alpha value is -0.770. The number of nitrogens with one attached hydrogen (secondary N) is 1. The monoisotopic (exact) mass is 269 g/mol. The Balaban J connectivity index is 1.68. The largest absolute Gasteiger partial charge is 0.491 e. The summed E-state index contributed by atoms with van der Waals surface area (Å²) in [7, 11) is 0. The number of hydrogen-bond acceptors (Lipinski definition) is 3. The standard InChI is InChI=1S/C14H20ClNO2/c1-14(7-2-8-14)16-9-12(17)10-18-13-5-3-11(15)4-6-13/h3-6,12,16-17H,2,7-10H2,1H3. The summed E-state index contributed by atoms with van der Waals surface area (Å²) in [5.41, 5.74) is 0.223. The lowest BCUT2D eigenvalue weighted by Crippen LogP contribution is -2.51. The molecule has 0 spiro atoms. The van der Waals surface area contributed by atoms with Gasteiger partial charge in [-0.25, -0.2) is 0 Å². The summed E-state index contributed by atoms with van der Waals surface area (Å²) < 4.78 is 5.49. The third-order valence-electron chi connectivity index (χ3n) is 3.48. The van der Waals surface area contributed by atoms with Crippen LogP contribution in [-0.4, -0.2) is 29.9 Å². The fraction of sp³-hybridized carbons (Fsp3) is 0.571. The molecular formula is C14H20ClNO2. The van der Waals surface area contributed by atoms with E-state index in [0.717, 1.165) is 5.75 Å². The Morgan fingerprint density at radius 1 is 1.39 bits per heavy atom. The molecule has 100 valence electrons. The average molecular weight is 270 g/mol. The molecule has 4 heteroatoms. The number of ether oxygens (including phenoxy) is 1. The highest BCUT2D eigenvalue weighted by molar-refractivity contribution is 6.30. The van der Waals surface area contributed by atoms with Crippen molar-refractivity contribution in [2.24, 2.45) is 0 Å². The maximum Gasteiger partial charge on any atom is 0.119 e. The van der Waals surface area contributed by atoms with Crippen LogP contribution in [0.3, 0.4) is 0 Å². The number of β-amino-alcohol motifs (C(OH)–C–C–N with tert-alkyl or cyclic N) is 1. The van der Waals surface area contributed by atoms with Crippen molar-refractivity contribution >= 4 is 11.6 Å². The molecule has 3 nitrogen and oxygen atoms in total. The van der Waals surface area contributed by atoms with Crippen molar-refractivity contribution in [3.63, 3.8) is 0 Å². The number of rotatable bonds is 6. The third kappa shape index (κ3) is 3.87. The first-order valence-electron chi connectivity index (χ1n) is 6.39. The van der Waals surface area contributed by atoms with Gasteiger partial charge in [0.2, 0.25) is 0 Å². The molecule has 0 aromatic heterocycles. The lowest BCUT2D eigenvalue weighted by molar-refractivity contribution is 0.0868. The van der Waals surface area contributed by atoms with Crippen LogP contribution in [0.5, 0.6) is 5.75 Å². The average Bonchev–Trinajstić information content (AvgIpc) is 2.33. The molecule has 2 N–H and O–H groups in total. The van der Waals surface area contributed by atoms with E-state index in [1.54, 1.807) is 24.3 Å². The van der Waals surface area contributed by atoms with Crippen LogP contribution in [0.2, 0.25) is 5.02 Å². The van der Waals surface area contributed by atoms with E-state index in [4.69, 9.17) is 16.3 Å². The van der Waals surface area contributed by atoms with Crippen molar-refractivity contribution < 1.29 is 9.84 Å². The van der Waals surface area contributed by atoms with Crippen LogP contribution in [0.25, 0.3) is 0 Å². The molecule has 1 aliphatic rings. The summed E-state index contributed by atoms with van der Waals surface area (Å²) in [6.07, 6.45) is 3.18. The topological polar surface area (TPSA) is 41.5 Å². The molecule has 1 aliphatic carbocycles. The van der Waals surface area contributed by atoms with Gasteiger partial charge in [0.25, 0.3) is 0 Å². The van der Waals surface area contributed by atoms with Crippen LogP contribution in [0.4, 0.5) is 0 Å². The zero-order valence-electron chi connectivity index (χ0n) is 10.7. The van der Waals surface area contributed by atoms with Gasteiger partial charge in [-0.1, -0.05) is 11.6 Å². The summed E-state index contributed by atoms with van der Waals surface area (Å²) in [4.78, 5) is 0. The van der Waals surface area contributed by atoms with E-state index in [1.807, 2.05) is 0 Å². The molecule has 1 fully saturated rings. The zero-order chi connectivity index (χ0) is 13.0. The first kappa shape index (κ1) is 13.7. The molecule has 0 saturated heterocycles. The van der Waals surface area contributed by atoms with Gasteiger partial charge in [0.15, 0.2) is 0 Å². The summed E-state index contributed by atoms with van der Waals surface area (Å²) in [6.45, 7) is 3.07. The summed E-state index contributed by atoms with van der Waals surface area (Å²) in [6, 6.07) is 7.15. The van der Waals surface area contributed by atoms with E-state index >= 15 is 0 Å². The van der Waals surface area contributed by atoms with E-state index in [1.165, 1.54) is 19.3 Å². The van der Waals surface area contributed by atoms with Gasteiger partial charge in [0.1, 0.15) is 18.5 Å². The molecule has 1 aromatic rings. The van der Waals surface area contributed by atoms with Crippen molar-refractivity contribution in [1.82, 2.24) is 5.32 Å². The van der Waals surface area contributed by atoms with Crippen molar-refractivity contribution in [3.8, 4) is 5.75 Å². The molecule has 0 heterocycles. The van der Waals surface area contributed by atoms with Gasteiger partial charge in [-0.05, 0) is 50.5 Å². The van der Waals surface area contributed by atoms with Gasteiger partial charge >= 0.3 is 0 Å². The Labute approximate surface area is 113 Å². The van der Waals surface area contributed by atoms with Crippen molar-refractivity contribution in [2.45, 2.75) is 37.8 Å². The summed E-state index contributed by atoms with van der Waals surface area (Å²) >= 11 is 5.78. The second-order valence-electron chi connectivity index (χ2n) is 5.21. The van der Waals surface area contributed by atoms with Gasteiger partial charge < -0.3 is 15.2 Å². The molecule has 0 aliphatic heterocycles. The Morgan fingerprint density at radius 3 is 2.61 bits per heavy atom. The molecule has 1 saturated carbocycles. The predicted octanol–water partition coefficient (Wildman–Crippen LogP) is 2.61. The molecular weight excluding hydrogens is 250 g/mol. The molecule has 0 radical (unpaired) electrons. The number of aliphatic hydroxyl groups excluding tert-OH is 1. The summed E-state index contributed by atoms with van der Waals surface area (Å²) in [5, 5.41) is 13.9. The Bertz CT molecular complexity index is 376. The molecule has 0 bridgehead atoms. The zero-order valence-corrected chi connectivity index (χ0v) is 11.4. The molecule has 1 atom stereocenters. The second-order valence-corrected chi connectivity index (χ2v) is 5.65. The Morgan fingerprint density at radius 2 is 2.06 bits per heavy atom. The van der Waals surface area contributed by atoms with Crippen LogP contribution < -0.4 is 10.1 Å². The highest BCUT2D eigenvalue weighted by Crippen LogP contribution is 2.30. The van der Waals surface area contributed by atoms with E-state index in [2.05, 4.69) is 12.2 Å². The highest BCUT2D eigenvalue weighted by atomic mass is 35.5.